The normalized spacial score (nSPS) is 33.0. The van der Waals surface area contributed by atoms with Gasteiger partial charge in [-0.3, -0.25) is 9.69 Å². The molecule has 2 fully saturated rings. The zero-order valence-electron chi connectivity index (χ0n) is 13.1. The average Bonchev–Trinajstić information content (AvgIpc) is 2.77. The topological polar surface area (TPSA) is 119 Å². The van der Waals surface area contributed by atoms with Crippen LogP contribution in [0.4, 0.5) is 0 Å². The first-order chi connectivity index (χ1) is 10.4. The van der Waals surface area contributed by atoms with Gasteiger partial charge in [-0.1, -0.05) is 12.8 Å². The average molecular weight is 313 g/mol. The van der Waals surface area contributed by atoms with Crippen molar-refractivity contribution in [3.8, 4) is 0 Å². The molecule has 3 unspecified atom stereocenters. The highest BCUT2D eigenvalue weighted by atomic mass is 16.4. The molecule has 2 aliphatic heterocycles. The number of aliphatic carboxylic acids is 1. The van der Waals surface area contributed by atoms with Gasteiger partial charge in [0.25, 0.3) is 0 Å². The molecule has 0 aromatic rings. The van der Waals surface area contributed by atoms with Gasteiger partial charge in [0.05, 0.1) is 0 Å². The minimum atomic E-state index is -1.33. The van der Waals surface area contributed by atoms with Gasteiger partial charge in [-0.05, 0) is 32.1 Å². The van der Waals surface area contributed by atoms with Crippen LogP contribution in [-0.4, -0.2) is 70.9 Å². The van der Waals surface area contributed by atoms with Crippen LogP contribution in [-0.2, 0) is 4.79 Å². The molecule has 2 aliphatic rings. The summed E-state index contributed by atoms with van der Waals surface area (Å²) in [6.45, 7) is 2.91. The third-order valence-corrected chi connectivity index (χ3v) is 5.00. The van der Waals surface area contributed by atoms with Gasteiger partial charge in [0.15, 0.2) is 0 Å². The van der Waals surface area contributed by atoms with Gasteiger partial charge in [-0.25, -0.2) is 0 Å². The summed E-state index contributed by atoms with van der Waals surface area (Å²) in [5, 5.41) is 30.8. The van der Waals surface area contributed by atoms with Crippen molar-refractivity contribution in [2.75, 3.05) is 26.2 Å². The molecule has 22 heavy (non-hydrogen) atoms. The van der Waals surface area contributed by atoms with Crippen molar-refractivity contribution in [1.82, 2.24) is 10.2 Å². The predicted octanol–water partition coefficient (Wildman–Crippen LogP) is -0.905. The van der Waals surface area contributed by atoms with Gasteiger partial charge in [0.2, 0.25) is 0 Å². The Labute approximate surface area is 132 Å². The summed E-state index contributed by atoms with van der Waals surface area (Å²) in [5.41, 5.74) is 4.94. The minimum absolute atomic E-state index is 0.146. The van der Waals surface area contributed by atoms with Gasteiger partial charge in [-0.2, -0.15) is 0 Å². The van der Waals surface area contributed by atoms with Crippen LogP contribution in [0.2, 0.25) is 6.32 Å². The third-order valence-electron chi connectivity index (χ3n) is 5.00. The molecule has 0 amide bonds. The fourth-order valence-electron chi connectivity index (χ4n) is 3.71. The van der Waals surface area contributed by atoms with Crippen molar-refractivity contribution < 1.29 is 19.9 Å². The van der Waals surface area contributed by atoms with E-state index in [0.717, 1.165) is 19.5 Å². The Hall–Kier alpha value is -0.665. The van der Waals surface area contributed by atoms with Gasteiger partial charge in [0, 0.05) is 31.6 Å². The third kappa shape index (κ3) is 4.42. The summed E-state index contributed by atoms with van der Waals surface area (Å²) in [7, 11) is -1.33. The van der Waals surface area contributed by atoms with Crippen LogP contribution in [0.15, 0.2) is 0 Å². The Balaban J connectivity index is 1.90. The van der Waals surface area contributed by atoms with E-state index in [1.54, 1.807) is 0 Å². The van der Waals surface area contributed by atoms with E-state index in [9.17, 15) is 9.90 Å². The molecular formula is C14H28BN3O4. The Kier molecular flexibility index (Phi) is 6.22. The summed E-state index contributed by atoms with van der Waals surface area (Å²) >= 11 is 0. The van der Waals surface area contributed by atoms with Gasteiger partial charge >= 0.3 is 13.1 Å². The molecule has 2 saturated heterocycles. The van der Waals surface area contributed by atoms with E-state index in [4.69, 9.17) is 15.8 Å². The summed E-state index contributed by atoms with van der Waals surface area (Å²) in [6.07, 6.45) is 4.99. The van der Waals surface area contributed by atoms with Crippen molar-refractivity contribution in [1.29, 1.82) is 0 Å². The summed E-state index contributed by atoms with van der Waals surface area (Å²) < 4.78 is 0. The summed E-state index contributed by atoms with van der Waals surface area (Å²) in [4.78, 5) is 13.8. The van der Waals surface area contributed by atoms with E-state index >= 15 is 0 Å². The first kappa shape index (κ1) is 17.7. The van der Waals surface area contributed by atoms with Crippen molar-refractivity contribution in [3.05, 3.63) is 0 Å². The first-order valence-corrected chi connectivity index (χ1v) is 8.26. The van der Waals surface area contributed by atoms with E-state index in [-0.39, 0.29) is 12.2 Å². The smallest absolute Gasteiger partial charge is 0.451 e. The number of nitrogens with two attached hydrogens (primary N) is 1. The lowest BCUT2D eigenvalue weighted by atomic mass is 9.78. The number of hydrogen-bond acceptors (Lipinski definition) is 6. The molecule has 0 aromatic heterocycles. The van der Waals surface area contributed by atoms with Crippen LogP contribution in [0.5, 0.6) is 0 Å². The Bertz CT molecular complexity index is 379. The molecule has 2 heterocycles. The number of carboxylic acid groups (broad SMARTS) is 1. The second-order valence-corrected chi connectivity index (χ2v) is 6.79. The highest BCUT2D eigenvalue weighted by molar-refractivity contribution is 6.40. The van der Waals surface area contributed by atoms with E-state index in [1.807, 2.05) is 0 Å². The second kappa shape index (κ2) is 7.74. The van der Waals surface area contributed by atoms with Crippen molar-refractivity contribution in [2.24, 2.45) is 11.7 Å². The Morgan fingerprint density at radius 2 is 2.18 bits per heavy atom. The highest BCUT2D eigenvalue weighted by Crippen LogP contribution is 2.31. The van der Waals surface area contributed by atoms with E-state index < -0.39 is 18.6 Å². The molecule has 7 nitrogen and oxygen atoms in total. The lowest BCUT2D eigenvalue weighted by Crippen LogP contribution is -2.55. The molecule has 126 valence electrons. The standard InChI is InChI=1S/C14H28BN3O4/c16-14(13(19)20)10-18(9-12-5-1-2-7-17-12)8-11(14)4-3-6-15(21)22/h11-12,17,21-22H,1-10,16H2,(H,19,20). The van der Waals surface area contributed by atoms with E-state index in [1.165, 1.54) is 12.8 Å². The molecule has 0 aliphatic carbocycles. The zero-order valence-corrected chi connectivity index (χ0v) is 13.1. The van der Waals surface area contributed by atoms with Gasteiger partial charge < -0.3 is 26.2 Å². The van der Waals surface area contributed by atoms with Crippen molar-refractivity contribution in [3.63, 3.8) is 0 Å². The number of carboxylic acids is 1. The number of likely N-dealkylation sites (tertiary alicyclic amines) is 1. The van der Waals surface area contributed by atoms with Crippen LogP contribution >= 0.6 is 0 Å². The number of nitrogens with zero attached hydrogens (tertiary/aromatic N) is 1. The van der Waals surface area contributed by atoms with Crippen LogP contribution < -0.4 is 11.1 Å². The lowest BCUT2D eigenvalue weighted by Gasteiger charge is -2.28. The minimum Gasteiger partial charge on any atom is -0.480 e. The first-order valence-electron chi connectivity index (χ1n) is 8.26. The number of rotatable bonds is 7. The second-order valence-electron chi connectivity index (χ2n) is 6.79. The Morgan fingerprint density at radius 1 is 1.41 bits per heavy atom. The molecule has 8 heteroatoms. The summed E-state index contributed by atoms with van der Waals surface area (Å²) in [6, 6.07) is 0.421. The van der Waals surface area contributed by atoms with Gasteiger partial charge in [-0.15, -0.1) is 0 Å². The maximum Gasteiger partial charge on any atom is 0.451 e. The maximum absolute atomic E-state index is 11.6. The van der Waals surface area contributed by atoms with Crippen molar-refractivity contribution in [2.45, 2.75) is 50.0 Å². The van der Waals surface area contributed by atoms with Crippen LogP contribution in [0.25, 0.3) is 0 Å². The predicted molar refractivity (Wildman–Crippen MR) is 84.4 cm³/mol. The molecule has 2 rings (SSSR count). The molecular weight excluding hydrogens is 285 g/mol. The fraction of sp³-hybridized carbons (Fsp3) is 0.929. The molecule has 0 radical (unpaired) electrons. The molecule has 0 saturated carbocycles. The number of piperidine rings is 1. The van der Waals surface area contributed by atoms with Crippen molar-refractivity contribution >= 4 is 13.1 Å². The zero-order chi connectivity index (χ0) is 16.2. The van der Waals surface area contributed by atoms with Crippen LogP contribution in [0.3, 0.4) is 0 Å². The lowest BCUT2D eigenvalue weighted by molar-refractivity contribution is -0.144. The number of carbonyl (C=O) groups is 1. The fourth-order valence-corrected chi connectivity index (χ4v) is 3.71. The SMILES string of the molecule is NC1(C(=O)O)CN(CC2CCCCN2)CC1CCCB(O)O. The molecule has 6 N–H and O–H groups in total. The molecule has 0 spiro atoms. The highest BCUT2D eigenvalue weighted by Gasteiger charge is 2.49. The van der Waals surface area contributed by atoms with Crippen LogP contribution in [0.1, 0.15) is 32.1 Å². The molecule has 0 aromatic carbocycles. The van der Waals surface area contributed by atoms with E-state index in [0.29, 0.717) is 32.0 Å². The number of hydrogen-bond donors (Lipinski definition) is 5. The number of nitrogens with one attached hydrogen (secondary N) is 1. The maximum atomic E-state index is 11.6. The largest absolute Gasteiger partial charge is 0.480 e. The van der Waals surface area contributed by atoms with Crippen LogP contribution in [0, 0.1) is 5.92 Å². The molecule has 0 bridgehead atoms. The molecule has 3 atom stereocenters. The monoisotopic (exact) mass is 313 g/mol. The van der Waals surface area contributed by atoms with Gasteiger partial charge in [0.1, 0.15) is 5.54 Å². The Morgan fingerprint density at radius 3 is 2.77 bits per heavy atom. The summed E-state index contributed by atoms with van der Waals surface area (Å²) in [5.74, 6) is -1.10. The van der Waals surface area contributed by atoms with E-state index in [2.05, 4.69) is 10.2 Å². The quantitative estimate of drug-likeness (QED) is 0.386.